The molecule has 0 bridgehead atoms. The minimum Gasteiger partial charge on any atom is -0.355 e. The van der Waals surface area contributed by atoms with E-state index in [1.165, 1.54) is 4.90 Å². The molecule has 1 aliphatic rings. The molecule has 0 aliphatic carbocycles. The van der Waals surface area contributed by atoms with Crippen molar-refractivity contribution < 1.29 is 14.4 Å². The van der Waals surface area contributed by atoms with Gasteiger partial charge in [-0.3, -0.25) is 19.3 Å². The molecule has 6 nitrogen and oxygen atoms in total. The van der Waals surface area contributed by atoms with E-state index in [0.29, 0.717) is 37.2 Å². The number of hydrogen-bond donors (Lipinski definition) is 2. The fourth-order valence-corrected chi connectivity index (χ4v) is 3.85. The third kappa shape index (κ3) is 8.72. The summed E-state index contributed by atoms with van der Waals surface area (Å²) in [6.45, 7) is 10.1. The molecule has 1 rings (SSSR count). The second kappa shape index (κ2) is 11.5. The highest BCUT2D eigenvalue weighted by atomic mass is 32.2. The summed E-state index contributed by atoms with van der Waals surface area (Å²) < 4.78 is 0. The first-order valence-electron chi connectivity index (χ1n) is 9.31. The summed E-state index contributed by atoms with van der Waals surface area (Å²) in [6.07, 6.45) is 3.21. The lowest BCUT2D eigenvalue weighted by atomic mass is 10.2. The lowest BCUT2D eigenvalue weighted by molar-refractivity contribution is -0.138. The van der Waals surface area contributed by atoms with E-state index < -0.39 is 0 Å². The van der Waals surface area contributed by atoms with Gasteiger partial charge in [0.15, 0.2) is 0 Å². The molecule has 0 aromatic carbocycles. The van der Waals surface area contributed by atoms with Gasteiger partial charge < -0.3 is 10.6 Å². The first-order valence-corrected chi connectivity index (χ1v) is 10.2. The summed E-state index contributed by atoms with van der Waals surface area (Å²) in [5.41, 5.74) is 0. The van der Waals surface area contributed by atoms with Gasteiger partial charge in [0.1, 0.15) is 0 Å². The van der Waals surface area contributed by atoms with Crippen LogP contribution in [0, 0.1) is 0 Å². The second-order valence-corrected chi connectivity index (χ2v) is 8.81. The zero-order valence-corrected chi connectivity index (χ0v) is 16.8. The maximum absolute atomic E-state index is 12.2. The van der Waals surface area contributed by atoms with E-state index >= 15 is 0 Å². The highest BCUT2D eigenvalue weighted by Crippen LogP contribution is 2.28. The Kier molecular flexibility index (Phi) is 10.1. The zero-order chi connectivity index (χ0) is 18.8. The molecule has 0 saturated carbocycles. The summed E-state index contributed by atoms with van der Waals surface area (Å²) in [4.78, 5) is 37.3. The molecule has 0 radical (unpaired) electrons. The molecule has 1 atom stereocenters. The molecule has 1 fully saturated rings. The number of hydrogen-bond acceptors (Lipinski definition) is 5. The number of unbranched alkanes of at least 4 members (excludes halogenated alkanes) is 2. The fourth-order valence-electron chi connectivity index (χ4n) is 2.71. The number of nitrogens with zero attached hydrogens (tertiary/aromatic N) is 1. The molecule has 2 N–H and O–H groups in total. The van der Waals surface area contributed by atoms with Crippen molar-refractivity contribution in [3.63, 3.8) is 0 Å². The number of imide groups is 1. The summed E-state index contributed by atoms with van der Waals surface area (Å²) in [5.74, 6) is -0.0371. The summed E-state index contributed by atoms with van der Waals surface area (Å²) in [6, 6.07) is 0.423. The van der Waals surface area contributed by atoms with E-state index in [2.05, 4.69) is 24.5 Å². The Morgan fingerprint density at radius 1 is 1.16 bits per heavy atom. The van der Waals surface area contributed by atoms with Crippen LogP contribution in [0.25, 0.3) is 0 Å². The lowest BCUT2D eigenvalue weighted by Gasteiger charge is -2.15. The largest absolute Gasteiger partial charge is 0.355 e. The Morgan fingerprint density at radius 3 is 2.52 bits per heavy atom. The van der Waals surface area contributed by atoms with Crippen molar-refractivity contribution in [1.82, 2.24) is 15.5 Å². The molecule has 0 aromatic rings. The Labute approximate surface area is 155 Å². The number of carbonyl (C=O) groups is 3. The predicted octanol–water partition coefficient (Wildman–Crippen LogP) is 1.93. The molecule has 144 valence electrons. The van der Waals surface area contributed by atoms with Crippen LogP contribution in [0.5, 0.6) is 0 Å². The molecule has 7 heteroatoms. The van der Waals surface area contributed by atoms with Crippen LogP contribution in [0.3, 0.4) is 0 Å². The number of amides is 3. The Hall–Kier alpha value is -1.08. The first-order chi connectivity index (χ1) is 11.8. The molecule has 0 aromatic heterocycles. The minimum atomic E-state index is -0.210. The third-order valence-corrected chi connectivity index (χ3v) is 5.17. The molecule has 3 amide bonds. The van der Waals surface area contributed by atoms with E-state index in [1.807, 2.05) is 13.8 Å². The van der Waals surface area contributed by atoms with E-state index in [9.17, 15) is 14.4 Å². The van der Waals surface area contributed by atoms with Gasteiger partial charge in [0, 0.05) is 38.5 Å². The fraction of sp³-hybridized carbons (Fsp3) is 0.833. The predicted molar refractivity (Wildman–Crippen MR) is 102 cm³/mol. The molecule has 1 aliphatic heterocycles. The van der Waals surface area contributed by atoms with Crippen LogP contribution in [0.1, 0.15) is 59.8 Å². The van der Waals surface area contributed by atoms with Crippen LogP contribution >= 0.6 is 11.8 Å². The minimum absolute atomic E-state index is 0.0425. The summed E-state index contributed by atoms with van der Waals surface area (Å²) >= 11 is 1.57. The first kappa shape index (κ1) is 22.0. The SMILES string of the molecule is CC(C)NCCNC(=O)CCCCCN1C(=O)CC(SC(C)C)C1=O. The Bertz CT molecular complexity index is 455. The third-order valence-electron chi connectivity index (χ3n) is 3.92. The van der Waals surface area contributed by atoms with E-state index in [0.717, 1.165) is 25.8 Å². The van der Waals surface area contributed by atoms with Crippen LogP contribution < -0.4 is 10.6 Å². The van der Waals surface area contributed by atoms with Gasteiger partial charge in [0.25, 0.3) is 0 Å². The highest BCUT2D eigenvalue weighted by Gasteiger charge is 2.38. The highest BCUT2D eigenvalue weighted by molar-refractivity contribution is 8.01. The van der Waals surface area contributed by atoms with Gasteiger partial charge >= 0.3 is 0 Å². The number of rotatable bonds is 12. The molecule has 1 heterocycles. The smallest absolute Gasteiger partial charge is 0.242 e. The Balaban J connectivity index is 2.12. The van der Waals surface area contributed by atoms with Gasteiger partial charge in [-0.2, -0.15) is 0 Å². The molecule has 1 unspecified atom stereocenters. The quantitative estimate of drug-likeness (QED) is 0.405. The van der Waals surface area contributed by atoms with Crippen molar-refractivity contribution in [1.29, 1.82) is 0 Å². The van der Waals surface area contributed by atoms with Crippen molar-refractivity contribution in [3.05, 3.63) is 0 Å². The lowest BCUT2D eigenvalue weighted by Crippen LogP contribution is -2.34. The normalized spacial score (nSPS) is 17.8. The second-order valence-electron chi connectivity index (χ2n) is 7.03. The van der Waals surface area contributed by atoms with Crippen LogP contribution in [0.2, 0.25) is 0 Å². The Morgan fingerprint density at radius 2 is 1.88 bits per heavy atom. The average Bonchev–Trinajstić information content (AvgIpc) is 2.77. The molecule has 1 saturated heterocycles. The maximum Gasteiger partial charge on any atom is 0.242 e. The van der Waals surface area contributed by atoms with Gasteiger partial charge in [-0.15, -0.1) is 11.8 Å². The van der Waals surface area contributed by atoms with Gasteiger partial charge in [0.2, 0.25) is 17.7 Å². The van der Waals surface area contributed by atoms with Crippen molar-refractivity contribution in [2.75, 3.05) is 19.6 Å². The van der Waals surface area contributed by atoms with Crippen LogP contribution in [0.15, 0.2) is 0 Å². The topological polar surface area (TPSA) is 78.5 Å². The molecule has 0 spiro atoms. The van der Waals surface area contributed by atoms with E-state index in [1.54, 1.807) is 11.8 Å². The van der Waals surface area contributed by atoms with Gasteiger partial charge in [-0.25, -0.2) is 0 Å². The summed E-state index contributed by atoms with van der Waals surface area (Å²) in [7, 11) is 0. The standard InChI is InChI=1S/C18H33N3O3S/c1-13(2)19-9-10-20-16(22)8-6-5-7-11-21-17(23)12-15(18(21)24)25-14(3)4/h13-15,19H,5-12H2,1-4H3,(H,20,22). The maximum atomic E-state index is 12.2. The average molecular weight is 372 g/mol. The van der Waals surface area contributed by atoms with Crippen molar-refractivity contribution >= 4 is 29.5 Å². The van der Waals surface area contributed by atoms with E-state index in [-0.39, 0.29) is 23.0 Å². The van der Waals surface area contributed by atoms with Crippen LogP contribution in [0.4, 0.5) is 0 Å². The van der Waals surface area contributed by atoms with Crippen LogP contribution in [-0.2, 0) is 14.4 Å². The molecular formula is C18H33N3O3S. The van der Waals surface area contributed by atoms with E-state index in [4.69, 9.17) is 0 Å². The monoisotopic (exact) mass is 371 g/mol. The van der Waals surface area contributed by atoms with Crippen molar-refractivity contribution in [2.24, 2.45) is 0 Å². The number of carbonyl (C=O) groups excluding carboxylic acids is 3. The van der Waals surface area contributed by atoms with Gasteiger partial charge in [-0.05, 0) is 18.1 Å². The number of likely N-dealkylation sites (tertiary alicyclic amines) is 1. The number of thioether (sulfide) groups is 1. The van der Waals surface area contributed by atoms with Crippen LogP contribution in [-0.4, -0.2) is 58.8 Å². The molecule has 25 heavy (non-hydrogen) atoms. The van der Waals surface area contributed by atoms with Crippen molar-refractivity contribution in [2.45, 2.75) is 76.3 Å². The van der Waals surface area contributed by atoms with Gasteiger partial charge in [-0.1, -0.05) is 34.1 Å². The molecular weight excluding hydrogens is 338 g/mol. The zero-order valence-electron chi connectivity index (χ0n) is 16.0. The summed E-state index contributed by atoms with van der Waals surface area (Å²) in [5, 5.41) is 6.26. The van der Waals surface area contributed by atoms with Crippen molar-refractivity contribution in [3.8, 4) is 0 Å². The number of nitrogens with one attached hydrogen (secondary N) is 2. The van der Waals surface area contributed by atoms with Gasteiger partial charge in [0.05, 0.1) is 5.25 Å².